The first-order chi connectivity index (χ1) is 21.7. The van der Waals surface area contributed by atoms with E-state index in [1.165, 1.54) is 6.33 Å². The van der Waals surface area contributed by atoms with Crippen molar-refractivity contribution < 1.29 is 29.4 Å². The van der Waals surface area contributed by atoms with Crippen molar-refractivity contribution in [2.24, 2.45) is 17.3 Å². The van der Waals surface area contributed by atoms with Crippen molar-refractivity contribution in [2.75, 3.05) is 6.54 Å². The summed E-state index contributed by atoms with van der Waals surface area (Å²) in [6.45, 7) is 8.79. The molecule has 1 aliphatic carbocycles. The number of nitrogens with one attached hydrogen (secondary N) is 3. The lowest BCUT2D eigenvalue weighted by atomic mass is 9.83. The SMILES string of the molecule is CC(C)N(C[C@H](O)[C@H](CC1CCCCC1)NC(=O)[C@@H](Cc1cnc[nH]1)NC(=O)[C@H](CC(=O)C(C)(C)C)Cc1ccccc1)C(=O)O. The lowest BCUT2D eigenvalue weighted by Crippen LogP contribution is -2.57. The maximum absolute atomic E-state index is 14.0. The Morgan fingerprint density at radius 1 is 1.00 bits per heavy atom. The number of aromatic nitrogens is 2. The summed E-state index contributed by atoms with van der Waals surface area (Å²) in [5.41, 5.74) is 0.902. The van der Waals surface area contributed by atoms with E-state index < -0.39 is 47.4 Å². The van der Waals surface area contributed by atoms with Gasteiger partial charge in [-0.25, -0.2) is 9.78 Å². The van der Waals surface area contributed by atoms with Crippen LogP contribution >= 0.6 is 0 Å². The molecule has 2 aromatic rings. The Labute approximate surface area is 272 Å². The fraction of sp³-hybridized carbons (Fsp3) is 0.629. The number of rotatable bonds is 16. The molecule has 0 bridgehead atoms. The number of Topliss-reactive ketones (excluding diaryl/α,β-unsaturated/α-hetero) is 1. The Balaban J connectivity index is 1.86. The van der Waals surface area contributed by atoms with Crippen molar-refractivity contribution in [2.45, 2.75) is 117 Å². The second-order valence-corrected chi connectivity index (χ2v) is 14.1. The molecule has 1 aromatic carbocycles. The molecule has 46 heavy (non-hydrogen) atoms. The smallest absolute Gasteiger partial charge is 0.407 e. The molecule has 11 heteroatoms. The average molecular weight is 640 g/mol. The number of nitrogens with zero attached hydrogens (tertiary/aromatic N) is 2. The molecule has 0 unspecified atom stereocenters. The minimum atomic E-state index is -1.15. The molecule has 3 amide bonds. The number of aromatic amines is 1. The van der Waals surface area contributed by atoms with E-state index in [4.69, 9.17) is 0 Å². The molecule has 0 radical (unpaired) electrons. The van der Waals surface area contributed by atoms with E-state index in [2.05, 4.69) is 20.6 Å². The van der Waals surface area contributed by atoms with Crippen LogP contribution in [0.25, 0.3) is 0 Å². The fourth-order valence-electron chi connectivity index (χ4n) is 6.02. The predicted molar refractivity (Wildman–Crippen MR) is 176 cm³/mol. The Morgan fingerprint density at radius 3 is 2.24 bits per heavy atom. The summed E-state index contributed by atoms with van der Waals surface area (Å²) in [4.78, 5) is 61.1. The first kappa shape index (κ1) is 36.7. The third-order valence-electron chi connectivity index (χ3n) is 8.93. The van der Waals surface area contributed by atoms with Gasteiger partial charge >= 0.3 is 6.09 Å². The van der Waals surface area contributed by atoms with Gasteiger partial charge in [-0.2, -0.15) is 0 Å². The fourth-order valence-corrected chi connectivity index (χ4v) is 6.02. The van der Waals surface area contributed by atoms with Gasteiger partial charge in [0.25, 0.3) is 0 Å². The third-order valence-corrected chi connectivity index (χ3v) is 8.93. The first-order valence-corrected chi connectivity index (χ1v) is 16.6. The summed E-state index contributed by atoms with van der Waals surface area (Å²) in [5.74, 6) is -1.38. The van der Waals surface area contributed by atoms with Crippen LogP contribution < -0.4 is 10.6 Å². The molecule has 1 aliphatic rings. The normalized spacial score (nSPS) is 16.7. The minimum absolute atomic E-state index is 0.0197. The van der Waals surface area contributed by atoms with Gasteiger partial charge in [-0.15, -0.1) is 0 Å². The molecule has 5 N–H and O–H groups in total. The number of carboxylic acid groups (broad SMARTS) is 1. The van der Waals surface area contributed by atoms with Gasteiger partial charge in [0, 0.05) is 42.1 Å². The van der Waals surface area contributed by atoms with E-state index in [1.54, 1.807) is 20.0 Å². The third kappa shape index (κ3) is 11.6. The number of imidazole rings is 1. The van der Waals surface area contributed by atoms with Crippen molar-refractivity contribution in [1.82, 2.24) is 25.5 Å². The Kier molecular flexibility index (Phi) is 13.8. The van der Waals surface area contributed by atoms with Crippen molar-refractivity contribution in [3.8, 4) is 0 Å². The second-order valence-electron chi connectivity index (χ2n) is 14.1. The van der Waals surface area contributed by atoms with Crippen LogP contribution in [0.3, 0.4) is 0 Å². The summed E-state index contributed by atoms with van der Waals surface area (Å²) >= 11 is 0. The van der Waals surface area contributed by atoms with Gasteiger partial charge in [-0.05, 0) is 38.2 Å². The highest BCUT2D eigenvalue weighted by atomic mass is 16.4. The number of amides is 3. The van der Waals surface area contributed by atoms with Gasteiger partial charge in [0.1, 0.15) is 11.8 Å². The molecule has 11 nitrogen and oxygen atoms in total. The summed E-state index contributed by atoms with van der Waals surface area (Å²) in [6.07, 6.45) is 6.99. The largest absolute Gasteiger partial charge is 0.465 e. The van der Waals surface area contributed by atoms with E-state index in [0.29, 0.717) is 18.5 Å². The van der Waals surface area contributed by atoms with Gasteiger partial charge in [-0.3, -0.25) is 14.4 Å². The highest BCUT2D eigenvalue weighted by Gasteiger charge is 2.34. The molecule has 0 aliphatic heterocycles. The molecule has 4 atom stereocenters. The number of H-pyrrole nitrogens is 1. The van der Waals surface area contributed by atoms with Crippen LogP contribution in [0.2, 0.25) is 0 Å². The van der Waals surface area contributed by atoms with E-state index in [0.717, 1.165) is 42.6 Å². The Hall–Kier alpha value is -3.73. The number of aliphatic hydroxyl groups is 1. The van der Waals surface area contributed by atoms with Gasteiger partial charge in [0.2, 0.25) is 11.8 Å². The standard InChI is InChI=1S/C35H53N5O6/c1-23(2)40(34(45)46)21-30(41)28(17-25-14-10-7-11-15-25)38-33(44)29(19-27-20-36-22-37-27)39-32(43)26(18-31(42)35(3,4)5)16-24-12-8-6-9-13-24/h6,8-9,12-13,20,22-23,25-26,28-30,41H,7,10-11,14-19,21H2,1-5H3,(H,36,37)(H,38,44)(H,39,43)(H,45,46)/t26-,28-,29+,30-/m0/s1. The molecule has 0 spiro atoms. The predicted octanol–water partition coefficient (Wildman–Crippen LogP) is 4.51. The average Bonchev–Trinajstić information content (AvgIpc) is 3.52. The maximum atomic E-state index is 14.0. The second kappa shape index (κ2) is 17.3. The topological polar surface area (TPSA) is 165 Å². The summed E-state index contributed by atoms with van der Waals surface area (Å²) in [6, 6.07) is 7.36. The molecule has 3 rings (SSSR count). The number of ketones is 1. The number of carbonyl (C=O) groups is 4. The molecule has 1 fully saturated rings. The Bertz CT molecular complexity index is 1250. The van der Waals surface area contributed by atoms with Crippen molar-refractivity contribution in [3.63, 3.8) is 0 Å². The van der Waals surface area contributed by atoms with Crippen LogP contribution in [-0.2, 0) is 27.2 Å². The van der Waals surface area contributed by atoms with E-state index in [-0.39, 0.29) is 37.1 Å². The quantitative estimate of drug-likeness (QED) is 0.180. The lowest BCUT2D eigenvalue weighted by Gasteiger charge is -2.34. The van der Waals surface area contributed by atoms with Crippen LogP contribution in [0, 0.1) is 17.3 Å². The van der Waals surface area contributed by atoms with Crippen molar-refractivity contribution in [3.05, 3.63) is 54.1 Å². The van der Waals surface area contributed by atoms with Gasteiger partial charge in [0.15, 0.2) is 0 Å². The molecule has 1 aromatic heterocycles. The van der Waals surface area contributed by atoms with Crippen LogP contribution in [-0.4, -0.2) is 79.5 Å². The van der Waals surface area contributed by atoms with Crippen LogP contribution in [0.4, 0.5) is 4.79 Å². The molecule has 1 saturated carbocycles. The Morgan fingerprint density at radius 2 is 1.67 bits per heavy atom. The monoisotopic (exact) mass is 639 g/mol. The lowest BCUT2D eigenvalue weighted by molar-refractivity contribution is -0.135. The molecule has 254 valence electrons. The van der Waals surface area contributed by atoms with E-state index in [9.17, 15) is 29.4 Å². The molecular formula is C35H53N5O6. The van der Waals surface area contributed by atoms with Gasteiger partial charge in [-0.1, -0.05) is 83.2 Å². The van der Waals surface area contributed by atoms with Gasteiger partial charge < -0.3 is 30.7 Å². The van der Waals surface area contributed by atoms with Crippen molar-refractivity contribution >= 4 is 23.7 Å². The van der Waals surface area contributed by atoms with Gasteiger partial charge in [0.05, 0.1) is 25.0 Å². The van der Waals surface area contributed by atoms with Crippen LogP contribution in [0.5, 0.6) is 0 Å². The number of carbonyl (C=O) groups excluding carboxylic acids is 3. The van der Waals surface area contributed by atoms with Crippen molar-refractivity contribution in [1.29, 1.82) is 0 Å². The van der Waals surface area contributed by atoms with E-state index >= 15 is 0 Å². The highest BCUT2D eigenvalue weighted by Crippen LogP contribution is 2.28. The number of hydrogen-bond acceptors (Lipinski definition) is 6. The van der Waals surface area contributed by atoms with E-state index in [1.807, 2.05) is 51.1 Å². The first-order valence-electron chi connectivity index (χ1n) is 16.6. The summed E-state index contributed by atoms with van der Waals surface area (Å²) in [7, 11) is 0. The maximum Gasteiger partial charge on any atom is 0.407 e. The van der Waals surface area contributed by atoms with Crippen LogP contribution in [0.1, 0.15) is 90.8 Å². The zero-order chi connectivity index (χ0) is 33.9. The molecule has 0 saturated heterocycles. The van der Waals surface area contributed by atoms with Crippen LogP contribution in [0.15, 0.2) is 42.9 Å². The molecule has 1 heterocycles. The summed E-state index contributed by atoms with van der Waals surface area (Å²) < 4.78 is 0. The minimum Gasteiger partial charge on any atom is -0.465 e. The zero-order valence-corrected chi connectivity index (χ0v) is 28.0. The number of aliphatic hydroxyl groups excluding tert-OH is 1. The zero-order valence-electron chi connectivity index (χ0n) is 28.0. The highest BCUT2D eigenvalue weighted by molar-refractivity contribution is 5.92. The molecular weight excluding hydrogens is 586 g/mol. The number of hydrogen-bond donors (Lipinski definition) is 5. The summed E-state index contributed by atoms with van der Waals surface area (Å²) in [5, 5.41) is 27.0. The number of benzene rings is 1.